The van der Waals surface area contributed by atoms with E-state index in [1.165, 1.54) is 37.4 Å². The minimum absolute atomic E-state index is 0.00213. The molecule has 0 unspecified atom stereocenters. The van der Waals surface area contributed by atoms with Gasteiger partial charge in [-0.1, -0.05) is 19.9 Å². The highest BCUT2D eigenvalue weighted by Crippen LogP contribution is 2.29. The maximum atomic E-state index is 14.4. The van der Waals surface area contributed by atoms with Crippen LogP contribution in [0.15, 0.2) is 36.4 Å². The predicted molar refractivity (Wildman–Crippen MR) is 157 cm³/mol. The molecule has 1 aliphatic rings. The van der Waals surface area contributed by atoms with E-state index in [1.54, 1.807) is 6.07 Å². The average Bonchev–Trinajstić information content (AvgIpc) is 3.71. The largest absolute Gasteiger partial charge is 0.496 e. The van der Waals surface area contributed by atoms with Crippen LogP contribution in [0.3, 0.4) is 0 Å². The first-order chi connectivity index (χ1) is 20.5. The van der Waals surface area contributed by atoms with Gasteiger partial charge < -0.3 is 25.7 Å². The Morgan fingerprint density at radius 3 is 2.58 bits per heavy atom. The van der Waals surface area contributed by atoms with E-state index in [0.29, 0.717) is 28.8 Å². The molecule has 3 heterocycles. The molecule has 2 aromatic heterocycles. The molecule has 4 aromatic rings. The van der Waals surface area contributed by atoms with Gasteiger partial charge in [-0.25, -0.2) is 13.8 Å². The summed E-state index contributed by atoms with van der Waals surface area (Å²) in [4.78, 5) is 59.9. The SMILES string of the molecule is COc1ccc(F)c2[nH]c(C(=O)N[C@@H](CC(C)C)C(=O)N[C@@H](C[C@@H]3CCNC3=O)C(=O)c3nc4c(F)cccc4s3)cc12. The van der Waals surface area contributed by atoms with Crippen molar-refractivity contribution in [3.05, 3.63) is 58.7 Å². The fraction of sp³-hybridized carbons (Fsp3) is 0.367. The molecule has 3 atom stereocenters. The highest BCUT2D eigenvalue weighted by Gasteiger charge is 2.35. The van der Waals surface area contributed by atoms with Crippen LogP contribution in [-0.4, -0.2) is 59.2 Å². The number of fused-ring (bicyclic) bond motifs is 2. The molecule has 0 bridgehead atoms. The summed E-state index contributed by atoms with van der Waals surface area (Å²) in [6, 6.07) is 6.30. The number of benzene rings is 2. The number of thiazole rings is 1. The van der Waals surface area contributed by atoms with E-state index in [-0.39, 0.29) is 46.4 Å². The van der Waals surface area contributed by atoms with Gasteiger partial charge in [0.05, 0.1) is 23.4 Å². The maximum Gasteiger partial charge on any atom is 0.268 e. The number of Topliss-reactive ketones (excluding diaryl/α,β-unsaturated/α-hetero) is 1. The number of amides is 3. The van der Waals surface area contributed by atoms with Gasteiger partial charge in [0.2, 0.25) is 17.6 Å². The van der Waals surface area contributed by atoms with E-state index in [0.717, 1.165) is 11.3 Å². The minimum atomic E-state index is -1.15. The second-order valence-electron chi connectivity index (χ2n) is 10.9. The van der Waals surface area contributed by atoms with Gasteiger partial charge >= 0.3 is 0 Å². The van der Waals surface area contributed by atoms with Crippen molar-refractivity contribution in [1.29, 1.82) is 0 Å². The van der Waals surface area contributed by atoms with Gasteiger partial charge in [-0.3, -0.25) is 19.2 Å². The normalized spacial score (nSPS) is 16.3. The molecular formula is C30H31F2N5O5S. The molecule has 226 valence electrons. The molecule has 2 aromatic carbocycles. The standard InChI is InChI=1S/C30H31F2N5O5S/c1-14(2)11-20(36-29(41)21-13-16-22(42-3)8-7-18(32)24(16)34-21)28(40)35-19(12-15-9-10-33-27(15)39)26(38)30-37-25-17(31)5-4-6-23(25)43-30/h4-8,13-15,19-20,34H,9-12H2,1-3H3,(H,33,39)(H,35,40)(H,36,41)/t15-,19-,20-/m0/s1. The lowest BCUT2D eigenvalue weighted by Gasteiger charge is -2.24. The number of para-hydroxylation sites is 1. The summed E-state index contributed by atoms with van der Waals surface area (Å²) < 4.78 is 34.5. The molecular weight excluding hydrogens is 580 g/mol. The van der Waals surface area contributed by atoms with E-state index in [2.05, 4.69) is 25.9 Å². The number of halogens is 2. The van der Waals surface area contributed by atoms with Crippen molar-refractivity contribution in [1.82, 2.24) is 25.9 Å². The van der Waals surface area contributed by atoms with Crippen molar-refractivity contribution in [2.75, 3.05) is 13.7 Å². The molecule has 0 spiro atoms. The predicted octanol–water partition coefficient (Wildman–Crippen LogP) is 4.10. The monoisotopic (exact) mass is 611 g/mol. The molecule has 0 radical (unpaired) electrons. The van der Waals surface area contributed by atoms with Crippen molar-refractivity contribution in [2.45, 2.75) is 45.2 Å². The van der Waals surface area contributed by atoms with Gasteiger partial charge in [0.1, 0.15) is 34.6 Å². The number of rotatable bonds is 11. The van der Waals surface area contributed by atoms with Crippen LogP contribution in [0.1, 0.15) is 53.4 Å². The van der Waals surface area contributed by atoms with E-state index in [1.807, 2.05) is 13.8 Å². The fourth-order valence-electron chi connectivity index (χ4n) is 5.23. The summed E-state index contributed by atoms with van der Waals surface area (Å²) in [5, 5.41) is 8.54. The summed E-state index contributed by atoms with van der Waals surface area (Å²) >= 11 is 0.999. The first-order valence-electron chi connectivity index (χ1n) is 13.9. The topological polar surface area (TPSA) is 142 Å². The van der Waals surface area contributed by atoms with Gasteiger partial charge in [0.15, 0.2) is 5.01 Å². The Morgan fingerprint density at radius 1 is 1.12 bits per heavy atom. The van der Waals surface area contributed by atoms with Gasteiger partial charge in [-0.05, 0) is 55.5 Å². The number of methoxy groups -OCH3 is 1. The van der Waals surface area contributed by atoms with Crippen molar-refractivity contribution in [2.24, 2.45) is 11.8 Å². The Bertz CT molecular complexity index is 1720. The Hall–Kier alpha value is -4.39. The highest BCUT2D eigenvalue weighted by molar-refractivity contribution is 7.20. The van der Waals surface area contributed by atoms with Crippen LogP contribution in [-0.2, 0) is 9.59 Å². The number of carbonyl (C=O) groups is 4. The number of hydrogen-bond donors (Lipinski definition) is 4. The van der Waals surface area contributed by atoms with Crippen molar-refractivity contribution in [3.63, 3.8) is 0 Å². The first-order valence-corrected chi connectivity index (χ1v) is 14.7. The summed E-state index contributed by atoms with van der Waals surface area (Å²) in [7, 11) is 1.43. The molecule has 3 amide bonds. The van der Waals surface area contributed by atoms with E-state index < -0.39 is 47.2 Å². The lowest BCUT2D eigenvalue weighted by Crippen LogP contribution is -2.52. The molecule has 13 heteroatoms. The Labute approximate surface area is 249 Å². The maximum absolute atomic E-state index is 14.4. The fourth-order valence-corrected chi connectivity index (χ4v) is 6.20. The molecule has 10 nitrogen and oxygen atoms in total. The van der Waals surface area contributed by atoms with Crippen LogP contribution in [0.4, 0.5) is 8.78 Å². The summed E-state index contributed by atoms with van der Waals surface area (Å²) in [5.74, 6) is -3.39. The first kappa shape index (κ1) is 30.1. The number of aromatic nitrogens is 2. The molecule has 0 saturated carbocycles. The summed E-state index contributed by atoms with van der Waals surface area (Å²) in [6.07, 6.45) is 0.727. The molecule has 5 rings (SSSR count). The molecule has 43 heavy (non-hydrogen) atoms. The van der Waals surface area contributed by atoms with Crippen LogP contribution in [0.2, 0.25) is 0 Å². The Morgan fingerprint density at radius 2 is 1.91 bits per heavy atom. The van der Waals surface area contributed by atoms with Gasteiger partial charge in [-0.15, -0.1) is 11.3 Å². The minimum Gasteiger partial charge on any atom is -0.496 e. The summed E-state index contributed by atoms with van der Waals surface area (Å²) in [6.45, 7) is 4.19. The van der Waals surface area contributed by atoms with Gasteiger partial charge in [0.25, 0.3) is 5.91 Å². The lowest BCUT2D eigenvalue weighted by atomic mass is 9.95. The van der Waals surface area contributed by atoms with Crippen molar-refractivity contribution in [3.8, 4) is 5.75 Å². The van der Waals surface area contributed by atoms with Crippen molar-refractivity contribution >= 4 is 56.0 Å². The number of nitrogens with one attached hydrogen (secondary N) is 4. The van der Waals surface area contributed by atoms with Crippen LogP contribution >= 0.6 is 11.3 Å². The molecule has 1 aliphatic heterocycles. The molecule has 1 saturated heterocycles. The van der Waals surface area contributed by atoms with Gasteiger partial charge in [-0.2, -0.15) is 0 Å². The van der Waals surface area contributed by atoms with Crippen LogP contribution < -0.4 is 20.7 Å². The molecule has 0 aliphatic carbocycles. The Balaban J connectivity index is 1.40. The molecule has 1 fully saturated rings. The third-order valence-electron chi connectivity index (χ3n) is 7.39. The number of ether oxygens (including phenoxy) is 1. The zero-order valence-electron chi connectivity index (χ0n) is 23.8. The van der Waals surface area contributed by atoms with Crippen LogP contribution in [0.25, 0.3) is 21.1 Å². The highest BCUT2D eigenvalue weighted by atomic mass is 32.1. The summed E-state index contributed by atoms with van der Waals surface area (Å²) in [5.41, 5.74) is 0.157. The van der Waals surface area contributed by atoms with Crippen molar-refractivity contribution < 1.29 is 32.7 Å². The third-order valence-corrected chi connectivity index (χ3v) is 8.43. The van der Waals surface area contributed by atoms with Crippen LogP contribution in [0.5, 0.6) is 5.75 Å². The molecule has 4 N–H and O–H groups in total. The quantitative estimate of drug-likeness (QED) is 0.188. The van der Waals surface area contributed by atoms with E-state index in [9.17, 15) is 28.0 Å². The second-order valence-corrected chi connectivity index (χ2v) is 12.0. The smallest absolute Gasteiger partial charge is 0.268 e. The average molecular weight is 612 g/mol. The van der Waals surface area contributed by atoms with E-state index in [4.69, 9.17) is 4.74 Å². The van der Waals surface area contributed by atoms with Gasteiger partial charge in [0, 0.05) is 17.8 Å². The second kappa shape index (κ2) is 12.5. The Kier molecular flexibility index (Phi) is 8.71. The number of carbonyl (C=O) groups excluding carboxylic acids is 4. The number of H-pyrrole nitrogens is 1. The number of aromatic amines is 1. The zero-order chi connectivity index (χ0) is 30.8. The third kappa shape index (κ3) is 6.36. The number of nitrogens with zero attached hydrogens (tertiary/aromatic N) is 1. The number of ketones is 1. The van der Waals surface area contributed by atoms with Crippen LogP contribution in [0, 0.1) is 23.5 Å². The lowest BCUT2D eigenvalue weighted by molar-refractivity contribution is -0.125. The number of hydrogen-bond acceptors (Lipinski definition) is 7. The zero-order valence-corrected chi connectivity index (χ0v) is 24.6. The van der Waals surface area contributed by atoms with E-state index >= 15 is 0 Å².